The summed E-state index contributed by atoms with van der Waals surface area (Å²) in [6, 6.07) is 15.3. The number of hydrogen-bond acceptors (Lipinski definition) is 5. The van der Waals surface area contributed by atoms with Crippen LogP contribution in [-0.4, -0.2) is 19.7 Å². The average Bonchev–Trinajstić information content (AvgIpc) is 3.13. The van der Waals surface area contributed by atoms with Crippen LogP contribution in [0.5, 0.6) is 0 Å². The summed E-state index contributed by atoms with van der Waals surface area (Å²) in [5, 5.41) is 4.58. The van der Waals surface area contributed by atoms with E-state index >= 15 is 0 Å². The number of benzene rings is 2. The van der Waals surface area contributed by atoms with Crippen LogP contribution in [0.2, 0.25) is 0 Å². The molecule has 6 nitrogen and oxygen atoms in total. The van der Waals surface area contributed by atoms with Gasteiger partial charge in [-0.15, -0.1) is 0 Å². The Bertz CT molecular complexity index is 1080. The van der Waals surface area contributed by atoms with Crippen molar-refractivity contribution < 1.29 is 4.52 Å². The molecule has 124 valence electrons. The second-order valence-corrected chi connectivity index (χ2v) is 5.76. The predicted octanol–water partition coefficient (Wildman–Crippen LogP) is 3.06. The van der Waals surface area contributed by atoms with E-state index in [-0.39, 0.29) is 12.1 Å². The molecule has 0 bridgehead atoms. The van der Waals surface area contributed by atoms with Crippen molar-refractivity contribution in [2.45, 2.75) is 19.9 Å². The highest BCUT2D eigenvalue weighted by Crippen LogP contribution is 2.17. The molecule has 2 heterocycles. The molecule has 2 aromatic carbocycles. The fraction of sp³-hybridized carbons (Fsp3) is 0.158. The van der Waals surface area contributed by atoms with Crippen molar-refractivity contribution in [1.29, 1.82) is 0 Å². The van der Waals surface area contributed by atoms with E-state index in [1.807, 2.05) is 42.5 Å². The van der Waals surface area contributed by atoms with Gasteiger partial charge < -0.3 is 4.52 Å². The minimum absolute atomic E-state index is 0.127. The zero-order chi connectivity index (χ0) is 17.2. The molecule has 0 aliphatic rings. The molecule has 0 unspecified atom stereocenters. The lowest BCUT2D eigenvalue weighted by Gasteiger charge is -2.03. The van der Waals surface area contributed by atoms with Crippen LogP contribution in [0.15, 0.2) is 64.2 Å². The highest BCUT2D eigenvalue weighted by molar-refractivity contribution is 5.76. The van der Waals surface area contributed by atoms with E-state index < -0.39 is 0 Å². The minimum atomic E-state index is -0.127. The molecule has 6 heteroatoms. The van der Waals surface area contributed by atoms with Gasteiger partial charge >= 0.3 is 0 Å². The molecule has 4 rings (SSSR count). The van der Waals surface area contributed by atoms with Crippen molar-refractivity contribution in [2.75, 3.05) is 0 Å². The molecule has 0 saturated carbocycles. The first-order valence-corrected chi connectivity index (χ1v) is 8.10. The lowest BCUT2D eigenvalue weighted by molar-refractivity contribution is 0.369. The molecule has 0 aliphatic carbocycles. The van der Waals surface area contributed by atoms with E-state index in [2.05, 4.69) is 22.0 Å². The summed E-state index contributed by atoms with van der Waals surface area (Å²) in [5.41, 5.74) is 2.68. The van der Waals surface area contributed by atoms with Crippen molar-refractivity contribution in [3.05, 3.63) is 76.7 Å². The smallest absolute Gasteiger partial charge is 0.261 e. The van der Waals surface area contributed by atoms with Crippen molar-refractivity contribution in [2.24, 2.45) is 0 Å². The Morgan fingerprint density at radius 2 is 1.88 bits per heavy atom. The molecule has 0 spiro atoms. The number of hydrogen-bond donors (Lipinski definition) is 0. The molecule has 0 N–H and O–H groups in total. The third-order valence-corrected chi connectivity index (χ3v) is 4.13. The molecular weight excluding hydrogens is 316 g/mol. The van der Waals surface area contributed by atoms with Gasteiger partial charge in [0.05, 0.1) is 17.2 Å². The zero-order valence-electron chi connectivity index (χ0n) is 13.7. The molecule has 2 aromatic heterocycles. The first kappa shape index (κ1) is 15.3. The van der Waals surface area contributed by atoms with Crippen LogP contribution in [0.4, 0.5) is 0 Å². The molecule has 25 heavy (non-hydrogen) atoms. The lowest BCUT2D eigenvalue weighted by atomic mass is 10.1. The van der Waals surface area contributed by atoms with E-state index in [4.69, 9.17) is 4.52 Å². The fourth-order valence-electron chi connectivity index (χ4n) is 2.69. The Kier molecular flexibility index (Phi) is 3.85. The van der Waals surface area contributed by atoms with Crippen LogP contribution in [0, 0.1) is 0 Å². The van der Waals surface area contributed by atoms with E-state index in [0.717, 1.165) is 12.0 Å². The first-order valence-electron chi connectivity index (χ1n) is 8.10. The number of aryl methyl sites for hydroxylation is 1. The van der Waals surface area contributed by atoms with Crippen molar-refractivity contribution in [3.8, 4) is 11.4 Å². The number of fused-ring (bicyclic) bond motifs is 1. The van der Waals surface area contributed by atoms with Crippen LogP contribution in [-0.2, 0) is 13.0 Å². The summed E-state index contributed by atoms with van der Waals surface area (Å²) in [4.78, 5) is 21.2. The minimum Gasteiger partial charge on any atom is -0.337 e. The molecule has 0 atom stereocenters. The summed E-state index contributed by atoms with van der Waals surface area (Å²) < 4.78 is 6.77. The zero-order valence-corrected chi connectivity index (χ0v) is 13.7. The Labute approximate surface area is 143 Å². The van der Waals surface area contributed by atoms with Crippen molar-refractivity contribution in [1.82, 2.24) is 19.7 Å². The van der Waals surface area contributed by atoms with Gasteiger partial charge in [-0.25, -0.2) is 4.98 Å². The monoisotopic (exact) mass is 332 g/mol. The second kappa shape index (κ2) is 6.32. The molecular formula is C19H16N4O2. The highest BCUT2D eigenvalue weighted by atomic mass is 16.5. The van der Waals surface area contributed by atoms with Crippen LogP contribution in [0.1, 0.15) is 18.4 Å². The molecule has 4 aromatic rings. The van der Waals surface area contributed by atoms with Gasteiger partial charge in [0, 0.05) is 5.56 Å². The quantitative estimate of drug-likeness (QED) is 0.574. The molecule has 0 fully saturated rings. The maximum absolute atomic E-state index is 12.5. The van der Waals surface area contributed by atoms with Gasteiger partial charge in [-0.2, -0.15) is 4.98 Å². The van der Waals surface area contributed by atoms with E-state index in [0.29, 0.717) is 22.6 Å². The Morgan fingerprint density at radius 3 is 2.68 bits per heavy atom. The van der Waals surface area contributed by atoms with Gasteiger partial charge in [-0.3, -0.25) is 9.36 Å². The summed E-state index contributed by atoms with van der Waals surface area (Å²) in [5.74, 6) is 0.883. The van der Waals surface area contributed by atoms with Crippen LogP contribution in [0.3, 0.4) is 0 Å². The predicted molar refractivity (Wildman–Crippen MR) is 94.2 cm³/mol. The van der Waals surface area contributed by atoms with Gasteiger partial charge in [0.15, 0.2) is 0 Å². The van der Waals surface area contributed by atoms with Gasteiger partial charge in [0.25, 0.3) is 5.56 Å². The van der Waals surface area contributed by atoms with Gasteiger partial charge in [0.1, 0.15) is 6.54 Å². The van der Waals surface area contributed by atoms with Crippen LogP contribution < -0.4 is 5.56 Å². The van der Waals surface area contributed by atoms with E-state index in [9.17, 15) is 4.79 Å². The fourth-order valence-corrected chi connectivity index (χ4v) is 2.69. The molecule has 0 saturated heterocycles. The Balaban J connectivity index is 1.63. The number of para-hydroxylation sites is 1. The number of nitrogens with zero attached hydrogens (tertiary/aromatic N) is 4. The largest absolute Gasteiger partial charge is 0.337 e. The maximum Gasteiger partial charge on any atom is 0.261 e. The lowest BCUT2D eigenvalue weighted by Crippen LogP contribution is -2.21. The summed E-state index contributed by atoms with van der Waals surface area (Å²) in [6.45, 7) is 2.30. The second-order valence-electron chi connectivity index (χ2n) is 5.76. The standard InChI is InChI=1S/C19H16N4O2/c1-2-13-7-9-14(10-8-13)18-21-17(25-22-18)11-23-12-20-16-6-4-3-5-15(16)19(23)24/h3-10,12H,2,11H2,1H3. The molecule has 0 amide bonds. The topological polar surface area (TPSA) is 73.8 Å². The van der Waals surface area contributed by atoms with Crippen molar-refractivity contribution >= 4 is 10.9 Å². The van der Waals surface area contributed by atoms with Gasteiger partial charge in [-0.1, -0.05) is 48.5 Å². The van der Waals surface area contributed by atoms with Crippen molar-refractivity contribution in [3.63, 3.8) is 0 Å². The van der Waals surface area contributed by atoms with Crippen LogP contribution >= 0.6 is 0 Å². The summed E-state index contributed by atoms with van der Waals surface area (Å²) >= 11 is 0. The van der Waals surface area contributed by atoms with Gasteiger partial charge in [0.2, 0.25) is 11.7 Å². The third kappa shape index (κ3) is 2.94. The third-order valence-electron chi connectivity index (χ3n) is 4.13. The SMILES string of the molecule is CCc1ccc(-c2noc(Cn3cnc4ccccc4c3=O)n2)cc1. The average molecular weight is 332 g/mol. The number of aromatic nitrogens is 4. The normalized spacial score (nSPS) is 11.1. The van der Waals surface area contributed by atoms with E-state index in [1.165, 1.54) is 16.5 Å². The maximum atomic E-state index is 12.5. The Morgan fingerprint density at radius 1 is 1.08 bits per heavy atom. The van der Waals surface area contributed by atoms with E-state index in [1.54, 1.807) is 6.07 Å². The Hall–Kier alpha value is -3.28. The molecule has 0 aliphatic heterocycles. The first-order chi connectivity index (χ1) is 12.2. The van der Waals surface area contributed by atoms with Crippen LogP contribution in [0.25, 0.3) is 22.3 Å². The highest BCUT2D eigenvalue weighted by Gasteiger charge is 2.11. The number of rotatable bonds is 4. The summed E-state index contributed by atoms with van der Waals surface area (Å²) in [6.07, 6.45) is 2.49. The van der Waals surface area contributed by atoms with Gasteiger partial charge in [-0.05, 0) is 24.1 Å². The summed E-state index contributed by atoms with van der Waals surface area (Å²) in [7, 11) is 0. The molecule has 0 radical (unpaired) electrons.